The molecular weight excluding hydrogens is 106 g/mol. The maximum atomic E-state index is 10.4. The average molecular weight is 113 g/mol. The van der Waals surface area contributed by atoms with Crippen LogP contribution in [-0.4, -0.2) is 17.6 Å². The van der Waals surface area contributed by atoms with E-state index >= 15 is 0 Å². The molecule has 3 heteroatoms. The summed E-state index contributed by atoms with van der Waals surface area (Å²) in [7, 11) is 0. The smallest absolute Gasteiger partial charge is 0.285 e. The van der Waals surface area contributed by atoms with Gasteiger partial charge in [-0.2, -0.15) is 0 Å². The van der Waals surface area contributed by atoms with Crippen LogP contribution in [0.5, 0.6) is 0 Å². The maximum Gasteiger partial charge on any atom is 0.285 e. The molecule has 0 saturated carbocycles. The summed E-state index contributed by atoms with van der Waals surface area (Å²) in [5, 5.41) is 11.1. The van der Waals surface area contributed by atoms with Gasteiger partial charge in [-0.15, -0.1) is 0 Å². The lowest BCUT2D eigenvalue weighted by Gasteiger charge is -2.06. The molecule has 1 amide bonds. The SMILES string of the molecule is O=C1NCCC=C1O. The third-order valence-electron chi connectivity index (χ3n) is 1.00. The van der Waals surface area contributed by atoms with Crippen molar-refractivity contribution >= 4 is 5.91 Å². The highest BCUT2D eigenvalue weighted by molar-refractivity contribution is 5.91. The molecule has 0 saturated heterocycles. The van der Waals surface area contributed by atoms with Crippen LogP contribution in [0.2, 0.25) is 0 Å². The van der Waals surface area contributed by atoms with E-state index in [9.17, 15) is 4.79 Å². The van der Waals surface area contributed by atoms with Crippen molar-refractivity contribution in [3.63, 3.8) is 0 Å². The molecule has 1 heterocycles. The van der Waals surface area contributed by atoms with Crippen LogP contribution in [0.4, 0.5) is 0 Å². The molecular formula is C5H7NO2. The lowest BCUT2D eigenvalue weighted by atomic mass is 10.3. The fraction of sp³-hybridized carbons (Fsp3) is 0.400. The number of carbonyl (C=O) groups is 1. The van der Waals surface area contributed by atoms with Gasteiger partial charge in [0.15, 0.2) is 5.76 Å². The molecule has 1 aliphatic rings. The number of amides is 1. The maximum absolute atomic E-state index is 10.4. The second-order valence-electron chi connectivity index (χ2n) is 1.63. The van der Waals surface area contributed by atoms with Gasteiger partial charge in [0, 0.05) is 6.54 Å². The Balaban J connectivity index is 2.67. The molecule has 2 N–H and O–H groups in total. The molecule has 0 unspecified atom stereocenters. The zero-order valence-corrected chi connectivity index (χ0v) is 4.35. The van der Waals surface area contributed by atoms with E-state index in [1.165, 1.54) is 6.08 Å². The molecule has 1 aliphatic heterocycles. The summed E-state index contributed by atoms with van der Waals surface area (Å²) in [5.74, 6) is -0.521. The molecule has 3 nitrogen and oxygen atoms in total. The fourth-order valence-corrected chi connectivity index (χ4v) is 0.578. The molecule has 1 rings (SSSR count). The van der Waals surface area contributed by atoms with E-state index in [-0.39, 0.29) is 11.7 Å². The molecule has 0 aliphatic carbocycles. The zero-order chi connectivity index (χ0) is 5.98. The molecule has 0 aromatic heterocycles. The van der Waals surface area contributed by atoms with Crippen LogP contribution in [0.15, 0.2) is 11.8 Å². The van der Waals surface area contributed by atoms with Gasteiger partial charge < -0.3 is 10.4 Å². The molecule has 0 fully saturated rings. The second kappa shape index (κ2) is 1.86. The Morgan fingerprint density at radius 1 is 1.75 bits per heavy atom. The van der Waals surface area contributed by atoms with Crippen molar-refractivity contribution in [3.8, 4) is 0 Å². The highest BCUT2D eigenvalue weighted by atomic mass is 16.3. The Labute approximate surface area is 47.0 Å². The molecule has 0 aromatic carbocycles. The van der Waals surface area contributed by atoms with Crippen LogP contribution in [0.25, 0.3) is 0 Å². The first-order valence-corrected chi connectivity index (χ1v) is 2.48. The van der Waals surface area contributed by atoms with Crippen molar-refractivity contribution in [2.75, 3.05) is 6.54 Å². The predicted molar refractivity (Wildman–Crippen MR) is 28.3 cm³/mol. The van der Waals surface area contributed by atoms with Crippen molar-refractivity contribution < 1.29 is 9.90 Å². The van der Waals surface area contributed by atoms with Gasteiger partial charge in [0.1, 0.15) is 0 Å². The first-order valence-electron chi connectivity index (χ1n) is 2.48. The van der Waals surface area contributed by atoms with Crippen LogP contribution in [-0.2, 0) is 4.79 Å². The first kappa shape index (κ1) is 5.15. The van der Waals surface area contributed by atoms with Crippen LogP contribution >= 0.6 is 0 Å². The van der Waals surface area contributed by atoms with E-state index in [1.54, 1.807) is 0 Å². The molecule has 0 aromatic rings. The van der Waals surface area contributed by atoms with Crippen LogP contribution in [0.3, 0.4) is 0 Å². The van der Waals surface area contributed by atoms with E-state index in [1.807, 2.05) is 0 Å². The summed E-state index contributed by atoms with van der Waals surface area (Å²) in [6.07, 6.45) is 2.25. The largest absolute Gasteiger partial charge is 0.503 e. The standard InChI is InChI=1S/C5H7NO2/c7-4-2-1-3-6-5(4)8/h2,7H,1,3H2,(H,6,8). The topological polar surface area (TPSA) is 49.3 Å². The molecule has 0 spiro atoms. The number of nitrogens with one attached hydrogen (secondary N) is 1. The Hall–Kier alpha value is -0.990. The van der Waals surface area contributed by atoms with Gasteiger partial charge in [-0.05, 0) is 12.5 Å². The Morgan fingerprint density at radius 2 is 2.50 bits per heavy atom. The highest BCUT2D eigenvalue weighted by Gasteiger charge is 2.08. The quantitative estimate of drug-likeness (QED) is 0.462. The van der Waals surface area contributed by atoms with E-state index in [0.29, 0.717) is 6.54 Å². The Bertz CT molecular complexity index is 139. The van der Waals surface area contributed by atoms with Gasteiger partial charge in [0.25, 0.3) is 5.91 Å². The second-order valence-corrected chi connectivity index (χ2v) is 1.63. The van der Waals surface area contributed by atoms with Crippen LogP contribution in [0.1, 0.15) is 6.42 Å². The first-order chi connectivity index (χ1) is 3.80. The van der Waals surface area contributed by atoms with E-state index in [2.05, 4.69) is 5.32 Å². The molecule has 0 atom stereocenters. The average Bonchev–Trinajstić information content (AvgIpc) is 1.77. The van der Waals surface area contributed by atoms with Crippen molar-refractivity contribution in [2.45, 2.75) is 6.42 Å². The summed E-state index contributed by atoms with van der Waals surface area (Å²) in [6, 6.07) is 0. The van der Waals surface area contributed by atoms with Gasteiger partial charge in [-0.3, -0.25) is 4.79 Å². The van der Waals surface area contributed by atoms with E-state index in [4.69, 9.17) is 5.11 Å². The molecule has 8 heavy (non-hydrogen) atoms. The van der Waals surface area contributed by atoms with Gasteiger partial charge in [0.2, 0.25) is 0 Å². The monoisotopic (exact) mass is 113 g/mol. The number of aliphatic hydroxyl groups is 1. The van der Waals surface area contributed by atoms with Gasteiger partial charge >= 0.3 is 0 Å². The number of aliphatic hydroxyl groups excluding tert-OH is 1. The van der Waals surface area contributed by atoms with Crippen molar-refractivity contribution in [2.24, 2.45) is 0 Å². The number of hydrogen-bond donors (Lipinski definition) is 2. The third kappa shape index (κ3) is 0.804. The molecule has 44 valence electrons. The van der Waals surface area contributed by atoms with Gasteiger partial charge in [-0.1, -0.05) is 0 Å². The molecule has 0 bridgehead atoms. The summed E-state index contributed by atoms with van der Waals surface area (Å²) in [5.41, 5.74) is 0. The van der Waals surface area contributed by atoms with E-state index in [0.717, 1.165) is 6.42 Å². The zero-order valence-electron chi connectivity index (χ0n) is 4.35. The summed E-state index contributed by atoms with van der Waals surface area (Å²) < 4.78 is 0. The fourth-order valence-electron chi connectivity index (χ4n) is 0.578. The Kier molecular flexibility index (Phi) is 1.20. The summed E-state index contributed by atoms with van der Waals surface area (Å²) in [4.78, 5) is 10.4. The van der Waals surface area contributed by atoms with Gasteiger partial charge in [-0.25, -0.2) is 0 Å². The van der Waals surface area contributed by atoms with Crippen LogP contribution in [0, 0.1) is 0 Å². The number of hydrogen-bond acceptors (Lipinski definition) is 2. The minimum absolute atomic E-state index is 0.156. The van der Waals surface area contributed by atoms with Crippen molar-refractivity contribution in [3.05, 3.63) is 11.8 Å². The minimum atomic E-state index is -0.365. The minimum Gasteiger partial charge on any atom is -0.503 e. The van der Waals surface area contributed by atoms with E-state index < -0.39 is 0 Å². The normalized spacial score (nSPS) is 19.5. The van der Waals surface area contributed by atoms with Crippen LogP contribution < -0.4 is 5.32 Å². The highest BCUT2D eigenvalue weighted by Crippen LogP contribution is 1.96. The third-order valence-corrected chi connectivity index (χ3v) is 1.00. The summed E-state index contributed by atoms with van der Waals surface area (Å²) >= 11 is 0. The van der Waals surface area contributed by atoms with Crippen molar-refractivity contribution in [1.29, 1.82) is 0 Å². The Morgan fingerprint density at radius 3 is 2.88 bits per heavy atom. The molecule has 0 radical (unpaired) electrons. The van der Waals surface area contributed by atoms with Crippen molar-refractivity contribution in [1.82, 2.24) is 5.32 Å². The lowest BCUT2D eigenvalue weighted by Crippen LogP contribution is -2.29. The number of carbonyl (C=O) groups excluding carboxylic acids is 1. The lowest BCUT2D eigenvalue weighted by molar-refractivity contribution is -0.120. The summed E-state index contributed by atoms with van der Waals surface area (Å²) in [6.45, 7) is 0.642. The van der Waals surface area contributed by atoms with Gasteiger partial charge in [0.05, 0.1) is 0 Å². The predicted octanol–water partition coefficient (Wildman–Crippen LogP) is -0.0518. The number of rotatable bonds is 0.